The molecule has 36 heavy (non-hydrogen) atoms. The molecule has 2 aliphatic rings. The summed E-state index contributed by atoms with van der Waals surface area (Å²) in [5, 5.41) is 30.7. The lowest BCUT2D eigenvalue weighted by molar-refractivity contribution is -0.141. The van der Waals surface area contributed by atoms with E-state index in [1.54, 1.807) is 11.8 Å². The molecule has 0 bridgehead atoms. The molecule has 1 amide bonds. The lowest BCUT2D eigenvalue weighted by atomic mass is 9.84. The molecule has 2 heterocycles. The highest BCUT2D eigenvalue weighted by Gasteiger charge is 2.44. The van der Waals surface area contributed by atoms with Crippen molar-refractivity contribution in [2.45, 2.75) is 97.8 Å². The van der Waals surface area contributed by atoms with Crippen LogP contribution in [0.15, 0.2) is 29.4 Å². The van der Waals surface area contributed by atoms with Crippen molar-refractivity contribution in [2.75, 3.05) is 6.54 Å². The third-order valence-electron chi connectivity index (χ3n) is 7.48. The van der Waals surface area contributed by atoms with E-state index in [0.29, 0.717) is 49.2 Å². The Balaban J connectivity index is 1.72. The average Bonchev–Trinajstić information content (AvgIpc) is 3.10. The highest BCUT2D eigenvalue weighted by Crippen LogP contribution is 2.46. The van der Waals surface area contributed by atoms with Gasteiger partial charge in [0.2, 0.25) is 0 Å². The maximum atomic E-state index is 13.0. The fourth-order valence-electron chi connectivity index (χ4n) is 4.95. The maximum absolute atomic E-state index is 13.0. The van der Waals surface area contributed by atoms with E-state index in [0.717, 1.165) is 24.8 Å². The van der Waals surface area contributed by atoms with Crippen molar-refractivity contribution in [3.8, 4) is 11.5 Å². The number of rotatable bonds is 11. The van der Waals surface area contributed by atoms with Crippen LogP contribution in [-0.4, -0.2) is 50.3 Å². The molecule has 1 aromatic rings. The fourth-order valence-corrected chi connectivity index (χ4v) is 4.95. The number of carbonyl (C=O) groups excluding carboxylic acids is 1. The number of carbonyl (C=O) groups is 2. The smallest absolute Gasteiger partial charge is 0.306 e. The molecule has 2 aliphatic heterocycles. The molecule has 7 heteroatoms. The Hall–Kier alpha value is -2.80. The predicted octanol–water partition coefficient (Wildman–Crippen LogP) is 5.38. The summed E-state index contributed by atoms with van der Waals surface area (Å²) in [5.41, 5.74) is 3.49. The van der Waals surface area contributed by atoms with E-state index in [4.69, 9.17) is 9.84 Å². The van der Waals surface area contributed by atoms with Gasteiger partial charge in [-0.2, -0.15) is 0 Å². The largest absolute Gasteiger partial charge is 0.508 e. The number of benzene rings is 1. The van der Waals surface area contributed by atoms with Crippen LogP contribution in [0.1, 0.15) is 94.6 Å². The number of hydrogen-bond donors (Lipinski definition) is 3. The number of aliphatic hydroxyl groups excluding tert-OH is 1. The van der Waals surface area contributed by atoms with Gasteiger partial charge in [-0.05, 0) is 72.3 Å². The van der Waals surface area contributed by atoms with E-state index >= 15 is 0 Å². The van der Waals surface area contributed by atoms with Gasteiger partial charge in [-0.25, -0.2) is 0 Å². The standard InChI is InChI=1S/C29H41NO6/c1-18(2)9-6-10-19(3)11-7-13-29(5)25(32)16-22-24(31)15-21-23(26(22)36-29)17-30(27(21)33)14-8-12-20(4)28(34)35/h9,11,15,20,25,31-32H,6-8,10,12-14,16-17H2,1-5H3,(H,34,35)/t20-,25+,29+/m1/s1. The van der Waals surface area contributed by atoms with E-state index in [1.807, 2.05) is 6.92 Å². The summed E-state index contributed by atoms with van der Waals surface area (Å²) in [6.07, 6.45) is 8.37. The molecule has 0 fully saturated rings. The fraction of sp³-hybridized carbons (Fsp3) is 0.586. The van der Waals surface area contributed by atoms with Gasteiger partial charge in [-0.15, -0.1) is 0 Å². The topological polar surface area (TPSA) is 107 Å². The van der Waals surface area contributed by atoms with Crippen molar-refractivity contribution >= 4 is 11.9 Å². The quantitative estimate of drug-likeness (QED) is 0.353. The summed E-state index contributed by atoms with van der Waals surface area (Å²) < 4.78 is 6.42. The minimum absolute atomic E-state index is 0.0328. The number of phenolic OH excluding ortho intramolecular Hbond substituents is 1. The Labute approximate surface area is 214 Å². The lowest BCUT2D eigenvalue weighted by Crippen LogP contribution is -2.49. The number of hydrogen-bond acceptors (Lipinski definition) is 5. The Kier molecular flexibility index (Phi) is 8.88. The van der Waals surface area contributed by atoms with E-state index in [-0.39, 0.29) is 18.1 Å². The molecule has 3 rings (SSSR count). The monoisotopic (exact) mass is 499 g/mol. The first-order chi connectivity index (χ1) is 16.9. The second-order valence-corrected chi connectivity index (χ2v) is 10.9. The number of aliphatic carboxylic acids is 1. The SMILES string of the molecule is CC(C)=CCCC(C)=CCC[C@]1(C)Oc2c(c(O)cc3c2CN(CCC[C@@H](C)C(=O)O)C3=O)C[C@@H]1O. The van der Waals surface area contributed by atoms with Gasteiger partial charge in [0.05, 0.1) is 24.1 Å². The van der Waals surface area contributed by atoms with Crippen LogP contribution in [0.5, 0.6) is 11.5 Å². The summed E-state index contributed by atoms with van der Waals surface area (Å²) in [5.74, 6) is -1.00. The zero-order valence-electron chi connectivity index (χ0n) is 22.3. The van der Waals surface area contributed by atoms with Crippen LogP contribution >= 0.6 is 0 Å². The number of phenols is 1. The molecule has 0 saturated carbocycles. The van der Waals surface area contributed by atoms with E-state index in [9.17, 15) is 19.8 Å². The molecule has 3 atom stereocenters. The average molecular weight is 500 g/mol. The van der Waals surface area contributed by atoms with Gasteiger partial charge in [-0.3, -0.25) is 9.59 Å². The number of carboxylic acid groups (broad SMARTS) is 1. The molecule has 0 unspecified atom stereocenters. The maximum Gasteiger partial charge on any atom is 0.306 e. The third kappa shape index (κ3) is 6.30. The summed E-state index contributed by atoms with van der Waals surface area (Å²) in [7, 11) is 0. The van der Waals surface area contributed by atoms with Crippen LogP contribution in [0, 0.1) is 5.92 Å². The number of allylic oxidation sites excluding steroid dienone is 4. The molecule has 198 valence electrons. The predicted molar refractivity (Wildman–Crippen MR) is 139 cm³/mol. The van der Waals surface area contributed by atoms with Crippen LogP contribution in [0.4, 0.5) is 0 Å². The zero-order chi connectivity index (χ0) is 26.6. The van der Waals surface area contributed by atoms with Gasteiger partial charge < -0.3 is 25.0 Å². The molecule has 0 aliphatic carbocycles. The van der Waals surface area contributed by atoms with Crippen molar-refractivity contribution < 1.29 is 29.6 Å². The second kappa shape index (κ2) is 11.5. The number of amides is 1. The number of fused-ring (bicyclic) bond motifs is 3. The van der Waals surface area contributed by atoms with Gasteiger partial charge in [0, 0.05) is 24.1 Å². The van der Waals surface area contributed by atoms with Gasteiger partial charge in [0.25, 0.3) is 5.91 Å². The molecular formula is C29H41NO6. The van der Waals surface area contributed by atoms with Crippen LogP contribution in [-0.2, 0) is 17.8 Å². The van der Waals surface area contributed by atoms with Crippen LogP contribution in [0.3, 0.4) is 0 Å². The van der Waals surface area contributed by atoms with Crippen molar-refractivity contribution in [3.05, 3.63) is 46.1 Å². The summed E-state index contributed by atoms with van der Waals surface area (Å²) >= 11 is 0. The summed E-state index contributed by atoms with van der Waals surface area (Å²) in [4.78, 5) is 25.8. The lowest BCUT2D eigenvalue weighted by Gasteiger charge is -2.40. The van der Waals surface area contributed by atoms with Crippen LogP contribution in [0.25, 0.3) is 0 Å². The molecule has 0 spiro atoms. The zero-order valence-corrected chi connectivity index (χ0v) is 22.3. The second-order valence-electron chi connectivity index (χ2n) is 10.9. The Morgan fingerprint density at radius 1 is 1.25 bits per heavy atom. The normalized spacial score (nSPS) is 22.1. The minimum Gasteiger partial charge on any atom is -0.508 e. The van der Waals surface area contributed by atoms with Crippen LogP contribution in [0.2, 0.25) is 0 Å². The summed E-state index contributed by atoms with van der Waals surface area (Å²) in [6, 6.07) is 1.48. The Morgan fingerprint density at radius 2 is 1.97 bits per heavy atom. The molecule has 0 saturated heterocycles. The highest BCUT2D eigenvalue weighted by atomic mass is 16.5. The third-order valence-corrected chi connectivity index (χ3v) is 7.48. The molecule has 0 radical (unpaired) electrons. The summed E-state index contributed by atoms with van der Waals surface area (Å²) in [6.45, 7) is 10.7. The number of ether oxygens (including phenoxy) is 1. The minimum atomic E-state index is -0.839. The van der Waals surface area contributed by atoms with Crippen molar-refractivity contribution in [1.29, 1.82) is 0 Å². The number of aromatic hydroxyl groups is 1. The first-order valence-electron chi connectivity index (χ1n) is 13.0. The van der Waals surface area contributed by atoms with Gasteiger partial charge >= 0.3 is 5.97 Å². The first-order valence-corrected chi connectivity index (χ1v) is 13.0. The van der Waals surface area contributed by atoms with Gasteiger partial charge in [0.1, 0.15) is 17.1 Å². The molecule has 7 nitrogen and oxygen atoms in total. The van der Waals surface area contributed by atoms with E-state index in [1.165, 1.54) is 17.2 Å². The van der Waals surface area contributed by atoms with Gasteiger partial charge in [0.15, 0.2) is 0 Å². The van der Waals surface area contributed by atoms with Gasteiger partial charge in [-0.1, -0.05) is 30.2 Å². The van der Waals surface area contributed by atoms with Crippen molar-refractivity contribution in [1.82, 2.24) is 4.90 Å². The van der Waals surface area contributed by atoms with Crippen LogP contribution < -0.4 is 4.74 Å². The molecular weight excluding hydrogens is 458 g/mol. The number of aliphatic hydroxyl groups is 1. The molecule has 1 aromatic carbocycles. The number of nitrogens with zero attached hydrogens (tertiary/aromatic N) is 1. The molecule has 3 N–H and O–H groups in total. The highest BCUT2D eigenvalue weighted by molar-refractivity contribution is 6.00. The Bertz CT molecular complexity index is 1050. The van der Waals surface area contributed by atoms with E-state index in [2.05, 4.69) is 32.9 Å². The first kappa shape index (κ1) is 27.8. The molecule has 0 aromatic heterocycles. The van der Waals surface area contributed by atoms with E-state index < -0.39 is 23.6 Å². The van der Waals surface area contributed by atoms with Crippen molar-refractivity contribution in [2.24, 2.45) is 5.92 Å². The van der Waals surface area contributed by atoms with Crippen molar-refractivity contribution in [3.63, 3.8) is 0 Å². The Morgan fingerprint density at radius 3 is 2.64 bits per heavy atom. The number of carboxylic acids is 1.